The van der Waals surface area contributed by atoms with Gasteiger partial charge in [0.25, 0.3) is 0 Å². The number of hydrogen-bond donors (Lipinski definition) is 1. The van der Waals surface area contributed by atoms with Crippen molar-refractivity contribution >= 4 is 5.69 Å². The molecule has 1 unspecified atom stereocenters. The summed E-state index contributed by atoms with van der Waals surface area (Å²) in [5.74, 6) is 0. The van der Waals surface area contributed by atoms with Gasteiger partial charge in [0.05, 0.1) is 6.10 Å². The van der Waals surface area contributed by atoms with Crippen LogP contribution in [0.2, 0.25) is 0 Å². The van der Waals surface area contributed by atoms with Crippen LogP contribution in [0, 0.1) is 0 Å². The van der Waals surface area contributed by atoms with Crippen LogP contribution < -0.4 is 4.90 Å². The minimum absolute atomic E-state index is 0.435. The van der Waals surface area contributed by atoms with Crippen molar-refractivity contribution < 1.29 is 5.11 Å². The average molecular weight is 255 g/mol. The molecule has 2 nitrogen and oxygen atoms in total. The Morgan fingerprint density at radius 3 is 2.32 bits per heavy atom. The number of aliphatic hydroxyl groups is 1. The third-order valence-electron chi connectivity index (χ3n) is 3.38. The molecule has 0 spiro atoms. The summed E-state index contributed by atoms with van der Waals surface area (Å²) in [4.78, 5) is 2.20. The van der Waals surface area contributed by atoms with E-state index in [-0.39, 0.29) is 0 Å². The van der Waals surface area contributed by atoms with Crippen molar-refractivity contribution in [1.29, 1.82) is 0 Å². The summed E-state index contributed by atoms with van der Waals surface area (Å²) in [5, 5.41) is 9.81. The summed E-state index contributed by atoms with van der Waals surface area (Å²) in [6, 6.07) is 18.5. The van der Waals surface area contributed by atoms with E-state index in [0.717, 1.165) is 24.2 Å². The lowest BCUT2D eigenvalue weighted by Gasteiger charge is -2.23. The van der Waals surface area contributed by atoms with Gasteiger partial charge in [0.2, 0.25) is 0 Å². The van der Waals surface area contributed by atoms with E-state index in [4.69, 9.17) is 0 Å². The second-order valence-corrected chi connectivity index (χ2v) is 4.89. The van der Waals surface area contributed by atoms with Gasteiger partial charge in [-0.3, -0.25) is 0 Å². The molecule has 2 heteroatoms. The number of nitrogens with zero attached hydrogens (tertiary/aromatic N) is 1. The zero-order valence-electron chi connectivity index (χ0n) is 11.6. The van der Waals surface area contributed by atoms with E-state index in [9.17, 15) is 5.11 Å². The smallest absolute Gasteiger partial charge is 0.0781 e. The van der Waals surface area contributed by atoms with E-state index in [1.54, 1.807) is 0 Å². The number of likely N-dealkylation sites (N-methyl/N-ethyl adjacent to an activating group) is 1. The van der Waals surface area contributed by atoms with E-state index < -0.39 is 6.10 Å². The van der Waals surface area contributed by atoms with Gasteiger partial charge in [0.15, 0.2) is 0 Å². The third kappa shape index (κ3) is 3.58. The molecule has 100 valence electrons. The standard InChI is InChI=1S/C17H21NO/c1-14(19)16-10-6-7-11-17(16)18(2)13-12-15-8-4-3-5-9-15/h3-11,14,19H,12-13H2,1-2H3. The fourth-order valence-corrected chi connectivity index (χ4v) is 2.25. The summed E-state index contributed by atoms with van der Waals surface area (Å²) in [5.41, 5.74) is 3.43. The molecule has 0 aliphatic heterocycles. The number of hydrogen-bond acceptors (Lipinski definition) is 2. The van der Waals surface area contributed by atoms with Gasteiger partial charge in [-0.2, -0.15) is 0 Å². The SMILES string of the molecule is CC(O)c1ccccc1N(C)CCc1ccccc1. The highest BCUT2D eigenvalue weighted by Crippen LogP contribution is 2.25. The van der Waals surface area contributed by atoms with Crippen LogP contribution in [0.25, 0.3) is 0 Å². The van der Waals surface area contributed by atoms with E-state index in [1.165, 1.54) is 5.56 Å². The molecule has 0 fully saturated rings. The van der Waals surface area contributed by atoms with Crippen LogP contribution in [0.15, 0.2) is 54.6 Å². The Hall–Kier alpha value is -1.80. The highest BCUT2D eigenvalue weighted by atomic mass is 16.3. The molecule has 1 N–H and O–H groups in total. The summed E-state index contributed by atoms with van der Waals surface area (Å²) >= 11 is 0. The average Bonchev–Trinajstić information content (AvgIpc) is 2.46. The summed E-state index contributed by atoms with van der Waals surface area (Å²) in [7, 11) is 2.07. The first-order valence-electron chi connectivity index (χ1n) is 6.70. The fraction of sp³-hybridized carbons (Fsp3) is 0.294. The van der Waals surface area contributed by atoms with Crippen LogP contribution in [0.5, 0.6) is 0 Å². The summed E-state index contributed by atoms with van der Waals surface area (Å²) in [6.07, 6.45) is 0.571. The predicted octanol–water partition coefficient (Wildman–Crippen LogP) is 3.42. The zero-order valence-corrected chi connectivity index (χ0v) is 11.6. The molecule has 2 aromatic rings. The Labute approximate surface area is 115 Å². The van der Waals surface area contributed by atoms with E-state index in [2.05, 4.69) is 42.3 Å². The summed E-state index contributed by atoms with van der Waals surface area (Å²) in [6.45, 7) is 2.75. The maximum Gasteiger partial charge on any atom is 0.0781 e. The third-order valence-corrected chi connectivity index (χ3v) is 3.38. The number of para-hydroxylation sites is 1. The Morgan fingerprint density at radius 2 is 1.63 bits per heavy atom. The second kappa shape index (κ2) is 6.39. The lowest BCUT2D eigenvalue weighted by atomic mass is 10.1. The first-order valence-corrected chi connectivity index (χ1v) is 6.70. The molecular weight excluding hydrogens is 234 g/mol. The minimum Gasteiger partial charge on any atom is -0.389 e. The minimum atomic E-state index is -0.435. The second-order valence-electron chi connectivity index (χ2n) is 4.89. The monoisotopic (exact) mass is 255 g/mol. The Morgan fingerprint density at radius 1 is 1.00 bits per heavy atom. The zero-order chi connectivity index (χ0) is 13.7. The predicted molar refractivity (Wildman–Crippen MR) is 80.5 cm³/mol. The molecule has 0 aromatic heterocycles. The topological polar surface area (TPSA) is 23.5 Å². The van der Waals surface area contributed by atoms with E-state index in [0.29, 0.717) is 0 Å². The van der Waals surface area contributed by atoms with Gasteiger partial charge in [-0.25, -0.2) is 0 Å². The van der Waals surface area contributed by atoms with Crippen LogP contribution in [0.3, 0.4) is 0 Å². The van der Waals surface area contributed by atoms with Crippen molar-refractivity contribution in [3.63, 3.8) is 0 Å². The van der Waals surface area contributed by atoms with Crippen LogP contribution in [-0.2, 0) is 6.42 Å². The maximum absolute atomic E-state index is 9.81. The lowest BCUT2D eigenvalue weighted by molar-refractivity contribution is 0.199. The van der Waals surface area contributed by atoms with Crippen LogP contribution >= 0.6 is 0 Å². The van der Waals surface area contributed by atoms with Crippen LogP contribution in [0.1, 0.15) is 24.2 Å². The highest BCUT2D eigenvalue weighted by molar-refractivity contribution is 5.54. The molecule has 0 aliphatic carbocycles. The van der Waals surface area contributed by atoms with Crippen molar-refractivity contribution in [3.05, 3.63) is 65.7 Å². The molecular formula is C17H21NO. The fourth-order valence-electron chi connectivity index (χ4n) is 2.25. The molecule has 1 atom stereocenters. The Balaban J connectivity index is 2.06. The van der Waals surface area contributed by atoms with E-state index >= 15 is 0 Å². The van der Waals surface area contributed by atoms with Crippen molar-refractivity contribution in [3.8, 4) is 0 Å². The lowest BCUT2D eigenvalue weighted by Crippen LogP contribution is -2.22. The van der Waals surface area contributed by atoms with Gasteiger partial charge in [-0.05, 0) is 25.0 Å². The molecule has 0 aliphatic rings. The van der Waals surface area contributed by atoms with Crippen molar-refractivity contribution in [2.24, 2.45) is 0 Å². The first-order chi connectivity index (χ1) is 9.18. The molecule has 0 heterocycles. The Kier molecular flexibility index (Phi) is 4.58. The number of anilines is 1. The van der Waals surface area contributed by atoms with Crippen molar-refractivity contribution in [1.82, 2.24) is 0 Å². The van der Waals surface area contributed by atoms with Gasteiger partial charge >= 0.3 is 0 Å². The number of rotatable bonds is 5. The first kappa shape index (κ1) is 13.6. The van der Waals surface area contributed by atoms with E-state index in [1.807, 2.05) is 31.2 Å². The van der Waals surface area contributed by atoms with Crippen LogP contribution in [0.4, 0.5) is 5.69 Å². The molecule has 0 bridgehead atoms. The van der Waals surface area contributed by atoms with Crippen molar-refractivity contribution in [2.75, 3.05) is 18.5 Å². The maximum atomic E-state index is 9.81. The number of aliphatic hydroxyl groups excluding tert-OH is 1. The van der Waals surface area contributed by atoms with Gasteiger partial charge in [-0.1, -0.05) is 48.5 Å². The molecule has 0 saturated heterocycles. The molecule has 19 heavy (non-hydrogen) atoms. The molecule has 0 radical (unpaired) electrons. The molecule has 2 aromatic carbocycles. The molecule has 0 amide bonds. The normalized spacial score (nSPS) is 12.2. The largest absolute Gasteiger partial charge is 0.389 e. The quantitative estimate of drug-likeness (QED) is 0.885. The summed E-state index contributed by atoms with van der Waals surface area (Å²) < 4.78 is 0. The van der Waals surface area contributed by atoms with Gasteiger partial charge in [0.1, 0.15) is 0 Å². The number of benzene rings is 2. The van der Waals surface area contributed by atoms with Gasteiger partial charge < -0.3 is 10.0 Å². The van der Waals surface area contributed by atoms with Crippen molar-refractivity contribution in [2.45, 2.75) is 19.4 Å². The van der Waals surface area contributed by atoms with Gasteiger partial charge in [0, 0.05) is 24.8 Å². The van der Waals surface area contributed by atoms with Gasteiger partial charge in [-0.15, -0.1) is 0 Å². The highest BCUT2D eigenvalue weighted by Gasteiger charge is 2.10. The Bertz CT molecular complexity index is 508. The van der Waals surface area contributed by atoms with Crippen LogP contribution in [-0.4, -0.2) is 18.7 Å². The molecule has 0 saturated carbocycles. The molecule has 2 rings (SSSR count).